The van der Waals surface area contributed by atoms with Crippen LogP contribution < -0.4 is 14.8 Å². The number of ether oxygens (including phenoxy) is 2. The Bertz CT molecular complexity index is 789. The molecule has 0 saturated heterocycles. The molecule has 1 N–H and O–H groups in total. The fraction of sp³-hybridized carbons (Fsp3) is 0.364. The number of carbonyl (C=O) groups excluding carboxylic acids is 2. The van der Waals surface area contributed by atoms with E-state index in [-0.39, 0.29) is 18.4 Å². The third-order valence-corrected chi connectivity index (χ3v) is 4.53. The zero-order valence-electron chi connectivity index (χ0n) is 16.9. The molecule has 1 unspecified atom stereocenters. The molecule has 2 aromatic carbocycles. The van der Waals surface area contributed by atoms with Crippen LogP contribution in [0.3, 0.4) is 0 Å². The lowest BCUT2D eigenvalue weighted by Crippen LogP contribution is -2.49. The minimum Gasteiger partial charge on any atom is -0.493 e. The second kappa shape index (κ2) is 10.3. The topological polar surface area (TPSA) is 67.9 Å². The van der Waals surface area contributed by atoms with Crippen molar-refractivity contribution in [2.24, 2.45) is 0 Å². The van der Waals surface area contributed by atoms with Crippen LogP contribution in [0, 0.1) is 6.92 Å². The fourth-order valence-electron chi connectivity index (χ4n) is 2.94. The Morgan fingerprint density at radius 3 is 2.29 bits per heavy atom. The van der Waals surface area contributed by atoms with Crippen LogP contribution in [0.5, 0.6) is 11.5 Å². The third-order valence-electron chi connectivity index (χ3n) is 4.53. The van der Waals surface area contributed by atoms with E-state index in [0.29, 0.717) is 24.5 Å². The van der Waals surface area contributed by atoms with E-state index in [9.17, 15) is 9.59 Å². The van der Waals surface area contributed by atoms with Gasteiger partial charge in [-0.3, -0.25) is 9.59 Å². The predicted octanol–water partition coefficient (Wildman–Crippen LogP) is 2.94. The van der Waals surface area contributed by atoms with Gasteiger partial charge in [-0.2, -0.15) is 0 Å². The average molecular weight is 384 g/mol. The molecule has 6 heteroatoms. The van der Waals surface area contributed by atoms with Crippen molar-refractivity contribution in [2.45, 2.75) is 32.9 Å². The maximum absolute atomic E-state index is 13.0. The predicted molar refractivity (Wildman–Crippen MR) is 108 cm³/mol. The summed E-state index contributed by atoms with van der Waals surface area (Å²) in [6.07, 6.45) is 0.506. The number of amides is 2. The molecule has 28 heavy (non-hydrogen) atoms. The standard InChI is InChI=1S/C22H28N2O4/c1-5-18(22(26)23-3)24(14-17-12-10-16(2)11-13-17)21(25)15-28-20-9-7-6-8-19(20)27-4/h6-13,18H,5,14-15H2,1-4H3,(H,23,26). The van der Waals surface area contributed by atoms with Crippen molar-refractivity contribution in [1.29, 1.82) is 0 Å². The molecule has 0 aliphatic heterocycles. The number of carbonyl (C=O) groups is 2. The summed E-state index contributed by atoms with van der Waals surface area (Å²) in [6, 6.07) is 14.5. The molecule has 0 aliphatic rings. The number of nitrogens with zero attached hydrogens (tertiary/aromatic N) is 1. The maximum Gasteiger partial charge on any atom is 0.261 e. The Hall–Kier alpha value is -3.02. The number of para-hydroxylation sites is 2. The van der Waals surface area contributed by atoms with Gasteiger partial charge in [0.1, 0.15) is 6.04 Å². The van der Waals surface area contributed by atoms with Gasteiger partial charge in [0.05, 0.1) is 7.11 Å². The summed E-state index contributed by atoms with van der Waals surface area (Å²) in [6.45, 7) is 4.05. The second-order valence-corrected chi connectivity index (χ2v) is 6.49. The van der Waals surface area contributed by atoms with E-state index in [1.807, 2.05) is 50.2 Å². The number of methoxy groups -OCH3 is 1. The van der Waals surface area contributed by atoms with Crippen LogP contribution in [-0.2, 0) is 16.1 Å². The first-order chi connectivity index (χ1) is 13.5. The summed E-state index contributed by atoms with van der Waals surface area (Å²) in [5.41, 5.74) is 2.10. The Labute approximate surface area is 166 Å². The lowest BCUT2D eigenvalue weighted by Gasteiger charge is -2.30. The van der Waals surface area contributed by atoms with Gasteiger partial charge in [0.15, 0.2) is 18.1 Å². The van der Waals surface area contributed by atoms with Gasteiger partial charge in [0.2, 0.25) is 5.91 Å². The highest BCUT2D eigenvalue weighted by Gasteiger charge is 2.28. The molecule has 6 nitrogen and oxygen atoms in total. The van der Waals surface area contributed by atoms with Crippen molar-refractivity contribution in [2.75, 3.05) is 20.8 Å². The number of rotatable bonds is 9. The van der Waals surface area contributed by atoms with Crippen molar-refractivity contribution in [3.8, 4) is 11.5 Å². The van der Waals surface area contributed by atoms with Crippen LogP contribution in [0.25, 0.3) is 0 Å². The summed E-state index contributed by atoms with van der Waals surface area (Å²) in [7, 11) is 3.12. The van der Waals surface area contributed by atoms with E-state index in [1.54, 1.807) is 31.2 Å². The summed E-state index contributed by atoms with van der Waals surface area (Å²) in [5.74, 6) is 0.586. The maximum atomic E-state index is 13.0. The van der Waals surface area contributed by atoms with Gasteiger partial charge >= 0.3 is 0 Å². The number of nitrogens with one attached hydrogen (secondary N) is 1. The lowest BCUT2D eigenvalue weighted by atomic mass is 10.1. The Balaban J connectivity index is 2.19. The van der Waals surface area contributed by atoms with E-state index in [2.05, 4.69) is 5.32 Å². The summed E-state index contributed by atoms with van der Waals surface area (Å²) < 4.78 is 10.9. The van der Waals surface area contributed by atoms with Gasteiger partial charge in [-0.1, -0.05) is 48.9 Å². The molecular weight excluding hydrogens is 356 g/mol. The van der Waals surface area contributed by atoms with Crippen molar-refractivity contribution in [3.05, 3.63) is 59.7 Å². The van der Waals surface area contributed by atoms with Crippen LogP contribution in [0.1, 0.15) is 24.5 Å². The SMILES string of the molecule is CCC(C(=O)NC)N(Cc1ccc(C)cc1)C(=O)COc1ccccc1OC. The van der Waals surface area contributed by atoms with Crippen LogP contribution in [0.15, 0.2) is 48.5 Å². The molecule has 0 aliphatic carbocycles. The van der Waals surface area contributed by atoms with Crippen molar-refractivity contribution < 1.29 is 19.1 Å². The normalized spacial score (nSPS) is 11.4. The zero-order valence-corrected chi connectivity index (χ0v) is 16.9. The first-order valence-electron chi connectivity index (χ1n) is 9.32. The number of likely N-dealkylation sites (N-methyl/N-ethyl adjacent to an activating group) is 1. The van der Waals surface area contributed by atoms with E-state index < -0.39 is 6.04 Å². The molecule has 0 radical (unpaired) electrons. The Kier molecular flexibility index (Phi) is 7.87. The molecule has 0 spiro atoms. The van der Waals surface area contributed by atoms with Crippen LogP contribution >= 0.6 is 0 Å². The van der Waals surface area contributed by atoms with Gasteiger partial charge in [-0.05, 0) is 31.0 Å². The smallest absolute Gasteiger partial charge is 0.261 e. The van der Waals surface area contributed by atoms with Gasteiger partial charge < -0.3 is 19.7 Å². The fourth-order valence-corrected chi connectivity index (χ4v) is 2.94. The van der Waals surface area contributed by atoms with Crippen molar-refractivity contribution >= 4 is 11.8 Å². The monoisotopic (exact) mass is 384 g/mol. The molecule has 0 heterocycles. The largest absolute Gasteiger partial charge is 0.493 e. The number of hydrogen-bond acceptors (Lipinski definition) is 4. The molecule has 0 saturated carbocycles. The van der Waals surface area contributed by atoms with Gasteiger partial charge in [0.25, 0.3) is 5.91 Å². The quantitative estimate of drug-likeness (QED) is 0.722. The molecular formula is C22H28N2O4. The minimum atomic E-state index is -0.569. The summed E-state index contributed by atoms with van der Waals surface area (Å²) in [4.78, 5) is 26.9. The first kappa shape index (κ1) is 21.3. The molecule has 2 rings (SSSR count). The molecule has 2 aromatic rings. The highest BCUT2D eigenvalue weighted by Crippen LogP contribution is 2.26. The van der Waals surface area contributed by atoms with Crippen LogP contribution in [0.2, 0.25) is 0 Å². The number of hydrogen-bond donors (Lipinski definition) is 1. The van der Waals surface area contributed by atoms with E-state index in [1.165, 1.54) is 0 Å². The third kappa shape index (κ3) is 5.49. The molecule has 2 amide bonds. The Morgan fingerprint density at radius 1 is 1.07 bits per heavy atom. The molecule has 0 bridgehead atoms. The second-order valence-electron chi connectivity index (χ2n) is 6.49. The first-order valence-corrected chi connectivity index (χ1v) is 9.32. The van der Waals surface area contributed by atoms with E-state index in [4.69, 9.17) is 9.47 Å². The highest BCUT2D eigenvalue weighted by atomic mass is 16.5. The van der Waals surface area contributed by atoms with Crippen molar-refractivity contribution in [1.82, 2.24) is 10.2 Å². The van der Waals surface area contributed by atoms with Crippen molar-refractivity contribution in [3.63, 3.8) is 0 Å². The summed E-state index contributed by atoms with van der Waals surface area (Å²) in [5, 5.41) is 2.64. The van der Waals surface area contributed by atoms with Crippen LogP contribution in [-0.4, -0.2) is 43.5 Å². The summed E-state index contributed by atoms with van der Waals surface area (Å²) >= 11 is 0. The van der Waals surface area contributed by atoms with E-state index in [0.717, 1.165) is 11.1 Å². The highest BCUT2D eigenvalue weighted by molar-refractivity contribution is 5.88. The molecule has 0 aromatic heterocycles. The Morgan fingerprint density at radius 2 is 1.71 bits per heavy atom. The lowest BCUT2D eigenvalue weighted by molar-refractivity contribution is -0.142. The molecule has 0 fully saturated rings. The van der Waals surface area contributed by atoms with Gasteiger partial charge in [-0.15, -0.1) is 0 Å². The van der Waals surface area contributed by atoms with Crippen LogP contribution in [0.4, 0.5) is 0 Å². The number of benzene rings is 2. The molecule has 1 atom stereocenters. The zero-order chi connectivity index (χ0) is 20.5. The number of aryl methyl sites for hydroxylation is 1. The van der Waals surface area contributed by atoms with Gasteiger partial charge in [-0.25, -0.2) is 0 Å². The minimum absolute atomic E-state index is 0.181. The average Bonchev–Trinajstić information content (AvgIpc) is 2.73. The van der Waals surface area contributed by atoms with Gasteiger partial charge in [0, 0.05) is 13.6 Å². The van der Waals surface area contributed by atoms with E-state index >= 15 is 0 Å². The molecule has 150 valence electrons.